The van der Waals surface area contributed by atoms with Gasteiger partial charge in [0.1, 0.15) is 0 Å². The molecule has 7 nitrogen and oxygen atoms in total. The van der Waals surface area contributed by atoms with Gasteiger partial charge in [-0.2, -0.15) is 5.10 Å². The number of hydrogen-bond acceptors (Lipinski definition) is 4. The Bertz CT molecular complexity index is 800. The normalized spacial score (nSPS) is 16.5. The van der Waals surface area contributed by atoms with E-state index in [0.29, 0.717) is 19.5 Å². The summed E-state index contributed by atoms with van der Waals surface area (Å²) in [5.41, 5.74) is 0.737. The lowest BCUT2D eigenvalue weighted by atomic mass is 10.3. The first-order chi connectivity index (χ1) is 11.5. The topological polar surface area (TPSA) is 84.3 Å². The third kappa shape index (κ3) is 3.65. The van der Waals surface area contributed by atoms with Crippen LogP contribution >= 0.6 is 0 Å². The maximum absolute atomic E-state index is 12.4. The van der Waals surface area contributed by atoms with Crippen molar-refractivity contribution in [3.8, 4) is 0 Å². The smallest absolute Gasteiger partial charge is 0.240 e. The number of nitrogens with zero attached hydrogens (tertiary/aromatic N) is 3. The monoisotopic (exact) mass is 348 g/mol. The van der Waals surface area contributed by atoms with E-state index in [1.807, 2.05) is 0 Å². The molecule has 2 aromatic rings. The zero-order chi connectivity index (χ0) is 17.2. The van der Waals surface area contributed by atoms with Crippen LogP contribution in [0.3, 0.4) is 0 Å². The van der Waals surface area contributed by atoms with Crippen molar-refractivity contribution in [2.45, 2.75) is 37.2 Å². The van der Waals surface area contributed by atoms with Crippen molar-refractivity contribution in [2.75, 3.05) is 11.4 Å². The minimum atomic E-state index is -3.61. The van der Waals surface area contributed by atoms with E-state index in [1.165, 1.54) is 12.1 Å². The van der Waals surface area contributed by atoms with Crippen molar-refractivity contribution in [1.82, 2.24) is 14.5 Å². The molecule has 0 unspecified atom stereocenters. The Morgan fingerprint density at radius 3 is 2.62 bits per heavy atom. The zero-order valence-electron chi connectivity index (χ0n) is 13.4. The van der Waals surface area contributed by atoms with E-state index >= 15 is 0 Å². The minimum Gasteiger partial charge on any atom is -0.312 e. The van der Waals surface area contributed by atoms with Crippen LogP contribution in [-0.2, 0) is 21.4 Å². The Labute approximate surface area is 141 Å². The highest BCUT2D eigenvalue weighted by atomic mass is 32.2. The lowest BCUT2D eigenvalue weighted by molar-refractivity contribution is -0.117. The van der Waals surface area contributed by atoms with Crippen molar-refractivity contribution in [1.29, 1.82) is 0 Å². The predicted molar refractivity (Wildman–Crippen MR) is 90.0 cm³/mol. The largest absolute Gasteiger partial charge is 0.312 e. The number of benzene rings is 1. The molecule has 24 heavy (non-hydrogen) atoms. The van der Waals surface area contributed by atoms with Gasteiger partial charge >= 0.3 is 0 Å². The summed E-state index contributed by atoms with van der Waals surface area (Å²) >= 11 is 0. The van der Waals surface area contributed by atoms with Gasteiger partial charge in [-0.3, -0.25) is 9.48 Å². The van der Waals surface area contributed by atoms with Crippen LogP contribution in [0.4, 0.5) is 5.69 Å². The number of nitrogens with one attached hydrogen (secondary N) is 1. The molecule has 1 aromatic heterocycles. The van der Waals surface area contributed by atoms with Crippen molar-refractivity contribution >= 4 is 21.6 Å². The number of carbonyl (C=O) groups excluding carboxylic acids is 1. The van der Waals surface area contributed by atoms with Gasteiger partial charge in [-0.25, -0.2) is 13.1 Å². The van der Waals surface area contributed by atoms with Gasteiger partial charge in [-0.1, -0.05) is 0 Å². The first-order valence-electron chi connectivity index (χ1n) is 7.86. The summed E-state index contributed by atoms with van der Waals surface area (Å²) in [5, 5.41) is 4.07. The fourth-order valence-electron chi connectivity index (χ4n) is 2.79. The van der Waals surface area contributed by atoms with Gasteiger partial charge in [0, 0.05) is 37.1 Å². The Morgan fingerprint density at radius 1 is 1.29 bits per heavy atom. The minimum absolute atomic E-state index is 0.0802. The molecule has 1 aliphatic rings. The predicted octanol–water partition coefficient (Wildman–Crippen LogP) is 1.38. The summed E-state index contributed by atoms with van der Waals surface area (Å²) in [4.78, 5) is 13.6. The number of anilines is 1. The third-order valence-corrected chi connectivity index (χ3v) is 5.51. The van der Waals surface area contributed by atoms with E-state index in [1.54, 1.807) is 47.1 Å². The van der Waals surface area contributed by atoms with Crippen molar-refractivity contribution in [3.05, 3.63) is 42.7 Å². The number of aromatic nitrogens is 2. The average molecular weight is 348 g/mol. The third-order valence-electron chi connectivity index (χ3n) is 3.91. The molecule has 0 radical (unpaired) electrons. The Hall–Kier alpha value is -2.19. The van der Waals surface area contributed by atoms with Crippen molar-refractivity contribution < 1.29 is 13.2 Å². The van der Waals surface area contributed by atoms with Gasteiger partial charge in [0.15, 0.2) is 0 Å². The van der Waals surface area contributed by atoms with Gasteiger partial charge < -0.3 is 4.90 Å². The molecule has 1 atom stereocenters. The summed E-state index contributed by atoms with van der Waals surface area (Å²) in [6, 6.07) is 7.91. The van der Waals surface area contributed by atoms with Crippen LogP contribution in [-0.4, -0.2) is 36.7 Å². The quantitative estimate of drug-likeness (QED) is 0.855. The van der Waals surface area contributed by atoms with E-state index in [9.17, 15) is 13.2 Å². The number of sulfonamides is 1. The van der Waals surface area contributed by atoms with E-state index < -0.39 is 10.0 Å². The summed E-state index contributed by atoms with van der Waals surface area (Å²) in [5.74, 6) is 0.0802. The SMILES string of the molecule is C[C@H](Cn1cccn1)NS(=O)(=O)c1ccc(N2CCCC2=O)cc1. The van der Waals surface area contributed by atoms with Crippen molar-refractivity contribution in [2.24, 2.45) is 0 Å². The first-order valence-corrected chi connectivity index (χ1v) is 9.34. The lowest BCUT2D eigenvalue weighted by Crippen LogP contribution is -2.35. The number of amides is 1. The van der Waals surface area contributed by atoms with Gasteiger partial charge in [-0.15, -0.1) is 0 Å². The van der Waals surface area contributed by atoms with Crippen LogP contribution in [0.25, 0.3) is 0 Å². The van der Waals surface area contributed by atoms with Crippen LogP contribution < -0.4 is 9.62 Å². The summed E-state index contributed by atoms with van der Waals surface area (Å²) in [6.07, 6.45) is 4.82. The van der Waals surface area contributed by atoms with Gasteiger partial charge in [0.25, 0.3) is 0 Å². The average Bonchev–Trinajstić information content (AvgIpc) is 3.18. The molecule has 0 bridgehead atoms. The highest BCUT2D eigenvalue weighted by Gasteiger charge is 2.23. The molecule has 1 fully saturated rings. The summed E-state index contributed by atoms with van der Waals surface area (Å²) in [6.45, 7) is 2.92. The second-order valence-corrected chi connectivity index (χ2v) is 7.61. The molecule has 8 heteroatoms. The number of rotatable bonds is 6. The van der Waals surface area contributed by atoms with Crippen LogP contribution in [0.5, 0.6) is 0 Å². The van der Waals surface area contributed by atoms with E-state index in [2.05, 4.69) is 9.82 Å². The van der Waals surface area contributed by atoms with Crippen molar-refractivity contribution in [3.63, 3.8) is 0 Å². The summed E-state index contributed by atoms with van der Waals surface area (Å²) in [7, 11) is -3.61. The molecule has 0 aliphatic carbocycles. The van der Waals surface area contributed by atoms with E-state index in [4.69, 9.17) is 0 Å². The van der Waals surface area contributed by atoms with Crippen LogP contribution in [0.1, 0.15) is 19.8 Å². The lowest BCUT2D eigenvalue weighted by Gasteiger charge is -2.17. The first kappa shape index (κ1) is 16.7. The molecule has 1 saturated heterocycles. The van der Waals surface area contributed by atoms with E-state index in [0.717, 1.165) is 12.1 Å². The molecule has 1 amide bonds. The fraction of sp³-hybridized carbons (Fsp3) is 0.375. The Kier molecular flexibility index (Phi) is 4.68. The van der Waals surface area contributed by atoms with Crippen LogP contribution in [0.2, 0.25) is 0 Å². The molecular formula is C16H20N4O3S. The Morgan fingerprint density at radius 2 is 2.04 bits per heavy atom. The van der Waals surface area contributed by atoms with Crippen LogP contribution in [0.15, 0.2) is 47.6 Å². The molecular weight excluding hydrogens is 328 g/mol. The number of hydrogen-bond donors (Lipinski definition) is 1. The summed E-state index contributed by atoms with van der Waals surface area (Å²) < 4.78 is 29.2. The standard InChI is InChI=1S/C16H20N4O3S/c1-13(12-19-10-3-9-17-19)18-24(22,23)15-7-5-14(6-8-15)20-11-2-4-16(20)21/h3,5-10,13,18H,2,4,11-12H2,1H3/t13-/m1/s1. The second kappa shape index (κ2) is 6.74. The fourth-order valence-corrected chi connectivity index (χ4v) is 4.02. The molecule has 2 heterocycles. The number of carbonyl (C=O) groups is 1. The maximum atomic E-state index is 12.4. The van der Waals surface area contributed by atoms with Gasteiger partial charge in [0.05, 0.1) is 11.4 Å². The molecule has 3 rings (SSSR count). The Balaban J connectivity index is 1.69. The van der Waals surface area contributed by atoms with Gasteiger partial charge in [0.2, 0.25) is 15.9 Å². The molecule has 1 N–H and O–H groups in total. The van der Waals surface area contributed by atoms with E-state index in [-0.39, 0.29) is 16.8 Å². The molecule has 1 aliphatic heterocycles. The molecule has 1 aromatic carbocycles. The zero-order valence-corrected chi connectivity index (χ0v) is 14.2. The highest BCUT2D eigenvalue weighted by molar-refractivity contribution is 7.89. The second-order valence-electron chi connectivity index (χ2n) is 5.89. The van der Waals surface area contributed by atoms with Crippen LogP contribution in [0, 0.1) is 0 Å². The highest BCUT2D eigenvalue weighted by Crippen LogP contribution is 2.23. The molecule has 0 spiro atoms. The molecule has 0 saturated carbocycles. The van der Waals surface area contributed by atoms with Gasteiger partial charge in [-0.05, 0) is 43.7 Å². The maximum Gasteiger partial charge on any atom is 0.240 e. The molecule has 128 valence electrons.